The molecule has 0 unspecified atom stereocenters. The summed E-state index contributed by atoms with van der Waals surface area (Å²) in [7, 11) is 0. The molecular weight excluding hydrogens is 212 g/mol. The second kappa shape index (κ2) is 7.86. The van der Waals surface area contributed by atoms with Crippen molar-refractivity contribution in [3.8, 4) is 11.8 Å². The van der Waals surface area contributed by atoms with Crippen molar-refractivity contribution in [2.45, 2.75) is 13.5 Å². The van der Waals surface area contributed by atoms with Gasteiger partial charge in [0.15, 0.2) is 0 Å². The molecule has 3 N–H and O–H groups in total. The first kappa shape index (κ1) is 13.7. The molecule has 0 aliphatic carbocycles. The number of rotatable bonds is 5. The number of nitrogens with zero attached hydrogens (tertiary/aromatic N) is 1. The van der Waals surface area contributed by atoms with Crippen molar-refractivity contribution in [2.75, 3.05) is 26.2 Å². The van der Waals surface area contributed by atoms with Crippen LogP contribution in [0.25, 0.3) is 0 Å². The number of aliphatic hydroxyl groups excluding tert-OH is 1. The largest absolute Gasteiger partial charge is 0.395 e. The van der Waals surface area contributed by atoms with Crippen LogP contribution in [0.5, 0.6) is 0 Å². The summed E-state index contributed by atoms with van der Waals surface area (Å²) in [4.78, 5) is 2.18. The predicted octanol–water partition coefficient (Wildman–Crippen LogP) is 0.811. The minimum atomic E-state index is 0.185. The number of nitrogens with two attached hydrogens (primary N) is 1. The van der Waals surface area contributed by atoms with Gasteiger partial charge in [-0.1, -0.05) is 37.0 Å². The van der Waals surface area contributed by atoms with E-state index < -0.39 is 0 Å². The molecular formula is C14H20N2O. The Balaban J connectivity index is 2.81. The van der Waals surface area contributed by atoms with Gasteiger partial charge in [0.05, 0.1) is 13.2 Å². The molecule has 1 rings (SSSR count). The van der Waals surface area contributed by atoms with Gasteiger partial charge in [0.1, 0.15) is 0 Å². The lowest BCUT2D eigenvalue weighted by atomic mass is 10.1. The second-order valence-electron chi connectivity index (χ2n) is 3.76. The van der Waals surface area contributed by atoms with Crippen molar-refractivity contribution >= 4 is 0 Å². The zero-order valence-corrected chi connectivity index (χ0v) is 10.3. The third kappa shape index (κ3) is 4.58. The van der Waals surface area contributed by atoms with E-state index in [1.165, 1.54) is 5.56 Å². The monoisotopic (exact) mass is 232 g/mol. The summed E-state index contributed by atoms with van der Waals surface area (Å²) in [5.74, 6) is 5.96. The molecule has 0 saturated heterocycles. The molecule has 0 amide bonds. The number of hydrogen-bond acceptors (Lipinski definition) is 3. The van der Waals surface area contributed by atoms with Crippen molar-refractivity contribution in [3.05, 3.63) is 35.4 Å². The molecule has 0 radical (unpaired) electrons. The fourth-order valence-electron chi connectivity index (χ4n) is 1.66. The Kier molecular flexibility index (Phi) is 6.34. The first-order valence-corrected chi connectivity index (χ1v) is 5.91. The first-order chi connectivity index (χ1) is 8.31. The third-order valence-corrected chi connectivity index (χ3v) is 2.60. The maximum Gasteiger partial charge on any atom is 0.0558 e. The van der Waals surface area contributed by atoms with E-state index in [4.69, 9.17) is 10.8 Å². The van der Waals surface area contributed by atoms with Crippen LogP contribution in [-0.2, 0) is 6.54 Å². The Labute approximate surface area is 103 Å². The van der Waals surface area contributed by atoms with E-state index in [1.807, 2.05) is 18.2 Å². The lowest BCUT2D eigenvalue weighted by Crippen LogP contribution is -2.26. The van der Waals surface area contributed by atoms with Gasteiger partial charge in [0.25, 0.3) is 0 Å². The van der Waals surface area contributed by atoms with Crippen LogP contribution < -0.4 is 5.73 Å². The summed E-state index contributed by atoms with van der Waals surface area (Å²) in [5.41, 5.74) is 7.59. The second-order valence-corrected chi connectivity index (χ2v) is 3.76. The van der Waals surface area contributed by atoms with E-state index in [0.29, 0.717) is 13.1 Å². The van der Waals surface area contributed by atoms with E-state index in [-0.39, 0.29) is 6.61 Å². The van der Waals surface area contributed by atoms with Gasteiger partial charge in [-0.05, 0) is 18.2 Å². The molecule has 0 aromatic heterocycles. The van der Waals surface area contributed by atoms with Gasteiger partial charge in [-0.3, -0.25) is 4.90 Å². The smallest absolute Gasteiger partial charge is 0.0558 e. The predicted molar refractivity (Wildman–Crippen MR) is 70.4 cm³/mol. The highest BCUT2D eigenvalue weighted by molar-refractivity contribution is 5.41. The van der Waals surface area contributed by atoms with E-state index in [2.05, 4.69) is 29.7 Å². The Morgan fingerprint density at radius 2 is 2.12 bits per heavy atom. The van der Waals surface area contributed by atoms with Crippen LogP contribution in [0.4, 0.5) is 0 Å². The number of aliphatic hydroxyl groups is 1. The van der Waals surface area contributed by atoms with Crippen LogP contribution in [0.1, 0.15) is 18.1 Å². The minimum Gasteiger partial charge on any atom is -0.395 e. The van der Waals surface area contributed by atoms with Crippen molar-refractivity contribution < 1.29 is 5.11 Å². The summed E-state index contributed by atoms with van der Waals surface area (Å²) < 4.78 is 0. The average Bonchev–Trinajstić information content (AvgIpc) is 2.37. The van der Waals surface area contributed by atoms with Crippen LogP contribution in [0.15, 0.2) is 24.3 Å². The topological polar surface area (TPSA) is 49.5 Å². The van der Waals surface area contributed by atoms with Gasteiger partial charge in [0, 0.05) is 18.7 Å². The van der Waals surface area contributed by atoms with Gasteiger partial charge in [0.2, 0.25) is 0 Å². The molecule has 1 aromatic carbocycles. The summed E-state index contributed by atoms with van der Waals surface area (Å²) in [6.07, 6.45) is 0. The zero-order chi connectivity index (χ0) is 12.5. The Morgan fingerprint density at radius 1 is 1.35 bits per heavy atom. The van der Waals surface area contributed by atoms with Crippen LogP contribution in [0, 0.1) is 11.8 Å². The molecule has 1 aromatic rings. The van der Waals surface area contributed by atoms with Gasteiger partial charge in [-0.15, -0.1) is 0 Å². The Bertz CT molecular complexity index is 393. The molecule has 0 saturated carbocycles. The third-order valence-electron chi connectivity index (χ3n) is 2.60. The van der Waals surface area contributed by atoms with E-state index in [1.54, 1.807) is 0 Å². The fourth-order valence-corrected chi connectivity index (χ4v) is 1.66. The van der Waals surface area contributed by atoms with Crippen LogP contribution in [0.2, 0.25) is 0 Å². The van der Waals surface area contributed by atoms with Crippen LogP contribution in [-0.4, -0.2) is 36.2 Å². The summed E-state index contributed by atoms with van der Waals surface area (Å²) in [6.45, 7) is 5.07. The highest BCUT2D eigenvalue weighted by Crippen LogP contribution is 2.10. The average molecular weight is 232 g/mol. The molecule has 0 spiro atoms. The lowest BCUT2D eigenvalue weighted by Gasteiger charge is -2.19. The maximum atomic E-state index is 8.97. The molecule has 0 aliphatic heterocycles. The van der Waals surface area contributed by atoms with Gasteiger partial charge in [-0.25, -0.2) is 0 Å². The molecule has 0 atom stereocenters. The lowest BCUT2D eigenvalue weighted by molar-refractivity contribution is 0.196. The normalized spacial score (nSPS) is 10.1. The molecule has 0 heterocycles. The number of benzene rings is 1. The number of likely N-dealkylation sites (N-methyl/N-ethyl adjacent to an activating group) is 1. The quantitative estimate of drug-likeness (QED) is 0.739. The maximum absolute atomic E-state index is 8.97. The Morgan fingerprint density at radius 3 is 2.76 bits per heavy atom. The molecule has 0 fully saturated rings. The minimum absolute atomic E-state index is 0.185. The first-order valence-electron chi connectivity index (χ1n) is 5.91. The van der Waals surface area contributed by atoms with Crippen molar-refractivity contribution in [3.63, 3.8) is 0 Å². The standard InChI is InChI=1S/C14H20N2O/c1-2-16(10-11-17)12-14-7-4-3-6-13(14)8-5-9-15/h3-4,6-7,17H,2,9-12,15H2,1H3. The molecule has 3 nitrogen and oxygen atoms in total. The highest BCUT2D eigenvalue weighted by Gasteiger charge is 2.05. The van der Waals surface area contributed by atoms with Gasteiger partial charge >= 0.3 is 0 Å². The molecule has 17 heavy (non-hydrogen) atoms. The highest BCUT2D eigenvalue weighted by atomic mass is 16.3. The van der Waals surface area contributed by atoms with E-state index >= 15 is 0 Å². The van der Waals surface area contributed by atoms with E-state index in [9.17, 15) is 0 Å². The van der Waals surface area contributed by atoms with Crippen molar-refractivity contribution in [1.29, 1.82) is 0 Å². The van der Waals surface area contributed by atoms with Crippen LogP contribution >= 0.6 is 0 Å². The Hall–Kier alpha value is -1.34. The van der Waals surface area contributed by atoms with Crippen molar-refractivity contribution in [2.24, 2.45) is 5.73 Å². The summed E-state index contributed by atoms with van der Waals surface area (Å²) in [5, 5.41) is 8.97. The van der Waals surface area contributed by atoms with Gasteiger partial charge in [-0.2, -0.15) is 0 Å². The summed E-state index contributed by atoms with van der Waals surface area (Å²) in [6, 6.07) is 8.06. The fraction of sp³-hybridized carbons (Fsp3) is 0.429. The molecule has 92 valence electrons. The zero-order valence-electron chi connectivity index (χ0n) is 10.3. The van der Waals surface area contributed by atoms with Crippen LogP contribution in [0.3, 0.4) is 0 Å². The van der Waals surface area contributed by atoms with E-state index in [0.717, 1.165) is 18.7 Å². The molecule has 0 bridgehead atoms. The molecule has 0 aliphatic rings. The van der Waals surface area contributed by atoms with Crippen molar-refractivity contribution in [1.82, 2.24) is 4.90 Å². The van der Waals surface area contributed by atoms with Gasteiger partial charge < -0.3 is 10.8 Å². The summed E-state index contributed by atoms with van der Waals surface area (Å²) >= 11 is 0. The molecule has 3 heteroatoms. The SMILES string of the molecule is CCN(CCO)Cc1ccccc1C#CCN. The number of hydrogen-bond donors (Lipinski definition) is 2.